The number of hydrazine groups is 1. The summed E-state index contributed by atoms with van der Waals surface area (Å²) < 4.78 is 26.6. The summed E-state index contributed by atoms with van der Waals surface area (Å²) in [7, 11) is -4.21. The van der Waals surface area contributed by atoms with E-state index in [-0.39, 0.29) is 16.9 Å². The van der Waals surface area contributed by atoms with Crippen LogP contribution in [0.2, 0.25) is 0 Å². The van der Waals surface area contributed by atoms with Crippen molar-refractivity contribution in [3.05, 3.63) is 66.2 Å². The van der Waals surface area contributed by atoms with Crippen LogP contribution in [0.5, 0.6) is 0 Å². The van der Waals surface area contributed by atoms with Crippen molar-refractivity contribution >= 4 is 21.8 Å². The van der Waals surface area contributed by atoms with Crippen LogP contribution in [-0.2, 0) is 14.8 Å². The number of nitrogens with zero attached hydrogens (tertiary/aromatic N) is 1. The van der Waals surface area contributed by atoms with Gasteiger partial charge in [-0.2, -0.15) is 8.42 Å². The van der Waals surface area contributed by atoms with Gasteiger partial charge in [0.05, 0.1) is 4.90 Å². The number of hydrogen-bond donors (Lipinski definition) is 1. The Balaban J connectivity index is 2.09. The fourth-order valence-corrected chi connectivity index (χ4v) is 4.31. The molecule has 0 aliphatic rings. The minimum atomic E-state index is -4.21. The number of hydrogen-bond acceptors (Lipinski definition) is 4. The fraction of sp³-hybridized carbons (Fsp3) is 0.391. The highest BCUT2D eigenvalue weighted by atomic mass is 32.2. The maximum absolute atomic E-state index is 13.0. The average molecular weight is 431 g/mol. The normalized spacial score (nSPS) is 11.1. The number of unbranched alkanes of at least 4 members (excludes halogenated alkanes) is 6. The van der Waals surface area contributed by atoms with Gasteiger partial charge in [0.1, 0.15) is 0 Å². The van der Waals surface area contributed by atoms with E-state index in [4.69, 9.17) is 0 Å². The van der Waals surface area contributed by atoms with E-state index in [0.717, 1.165) is 19.3 Å². The number of nitrogens with one attached hydrogen (secondary N) is 1. The van der Waals surface area contributed by atoms with Crippen molar-refractivity contribution in [1.82, 2.24) is 9.84 Å². The molecule has 0 saturated carbocycles. The molecule has 2 amide bonds. The van der Waals surface area contributed by atoms with Gasteiger partial charge < -0.3 is 0 Å². The predicted octanol–water partition coefficient (Wildman–Crippen LogP) is 4.69. The summed E-state index contributed by atoms with van der Waals surface area (Å²) in [6.07, 6.45) is 7.14. The maximum atomic E-state index is 13.0. The summed E-state index contributed by atoms with van der Waals surface area (Å²) in [5.74, 6) is -1.29. The van der Waals surface area contributed by atoms with Gasteiger partial charge in [0, 0.05) is 12.0 Å². The quantitative estimate of drug-likeness (QED) is 0.414. The molecule has 0 fully saturated rings. The summed E-state index contributed by atoms with van der Waals surface area (Å²) in [4.78, 5) is 25.3. The van der Waals surface area contributed by atoms with Crippen LogP contribution in [0, 0.1) is 0 Å². The first-order valence-corrected chi connectivity index (χ1v) is 11.9. The van der Waals surface area contributed by atoms with Crippen LogP contribution in [0.25, 0.3) is 0 Å². The van der Waals surface area contributed by atoms with Crippen molar-refractivity contribution in [2.24, 2.45) is 0 Å². The van der Waals surface area contributed by atoms with Crippen LogP contribution in [0.1, 0.15) is 68.6 Å². The first kappa shape index (κ1) is 23.6. The van der Waals surface area contributed by atoms with E-state index >= 15 is 0 Å². The number of benzene rings is 2. The Kier molecular flexibility index (Phi) is 9.54. The van der Waals surface area contributed by atoms with Gasteiger partial charge >= 0.3 is 0 Å². The fourth-order valence-electron chi connectivity index (χ4n) is 3.04. The van der Waals surface area contributed by atoms with Gasteiger partial charge in [-0.3, -0.25) is 9.59 Å². The molecule has 30 heavy (non-hydrogen) atoms. The molecule has 0 atom stereocenters. The van der Waals surface area contributed by atoms with Gasteiger partial charge in [0.2, 0.25) is 0 Å². The molecular weight excluding hydrogens is 400 g/mol. The van der Waals surface area contributed by atoms with E-state index in [2.05, 4.69) is 12.3 Å². The first-order chi connectivity index (χ1) is 14.5. The molecule has 7 heteroatoms. The zero-order valence-electron chi connectivity index (χ0n) is 17.4. The van der Waals surface area contributed by atoms with Gasteiger partial charge in [-0.15, -0.1) is 4.41 Å². The van der Waals surface area contributed by atoms with E-state index in [1.54, 1.807) is 48.5 Å². The second-order valence-electron chi connectivity index (χ2n) is 7.15. The zero-order valence-corrected chi connectivity index (χ0v) is 18.2. The van der Waals surface area contributed by atoms with Crippen molar-refractivity contribution in [3.63, 3.8) is 0 Å². The lowest BCUT2D eigenvalue weighted by Gasteiger charge is -2.23. The van der Waals surface area contributed by atoms with E-state index in [9.17, 15) is 18.0 Å². The maximum Gasteiger partial charge on any atom is 0.284 e. The number of amides is 2. The van der Waals surface area contributed by atoms with Crippen LogP contribution in [0.3, 0.4) is 0 Å². The van der Waals surface area contributed by atoms with Gasteiger partial charge in [-0.1, -0.05) is 81.8 Å². The van der Waals surface area contributed by atoms with Crippen molar-refractivity contribution < 1.29 is 18.0 Å². The Bertz CT molecular complexity index is 899. The average Bonchev–Trinajstić information content (AvgIpc) is 2.77. The van der Waals surface area contributed by atoms with Crippen molar-refractivity contribution in [2.75, 3.05) is 0 Å². The molecular formula is C23H30N2O4S. The summed E-state index contributed by atoms with van der Waals surface area (Å²) in [6.45, 7) is 2.16. The molecule has 0 aromatic heterocycles. The molecule has 0 radical (unpaired) electrons. The number of rotatable bonds is 11. The summed E-state index contributed by atoms with van der Waals surface area (Å²) in [5, 5.41) is 0. The third-order valence-electron chi connectivity index (χ3n) is 4.74. The third kappa shape index (κ3) is 6.99. The molecule has 2 aromatic carbocycles. The highest BCUT2D eigenvalue weighted by Gasteiger charge is 2.31. The van der Waals surface area contributed by atoms with Crippen LogP contribution in [-0.4, -0.2) is 24.6 Å². The lowest BCUT2D eigenvalue weighted by molar-refractivity contribution is -0.128. The molecule has 0 saturated heterocycles. The number of carbonyl (C=O) groups excluding carboxylic acids is 2. The first-order valence-electron chi connectivity index (χ1n) is 10.5. The minimum Gasteiger partial charge on any atom is -0.272 e. The van der Waals surface area contributed by atoms with Crippen LogP contribution < -0.4 is 5.43 Å². The predicted molar refractivity (Wildman–Crippen MR) is 117 cm³/mol. The molecule has 0 aliphatic heterocycles. The lowest BCUT2D eigenvalue weighted by Crippen LogP contribution is -2.49. The molecule has 1 N–H and O–H groups in total. The van der Waals surface area contributed by atoms with E-state index in [1.807, 2.05) is 0 Å². The second kappa shape index (κ2) is 12.1. The van der Waals surface area contributed by atoms with E-state index < -0.39 is 21.8 Å². The third-order valence-corrected chi connectivity index (χ3v) is 6.38. The van der Waals surface area contributed by atoms with Crippen molar-refractivity contribution in [3.8, 4) is 0 Å². The molecule has 2 aromatic rings. The topological polar surface area (TPSA) is 83.6 Å². The molecule has 0 aliphatic carbocycles. The molecule has 0 bridgehead atoms. The highest BCUT2D eigenvalue weighted by Crippen LogP contribution is 2.17. The highest BCUT2D eigenvalue weighted by molar-refractivity contribution is 7.89. The summed E-state index contributed by atoms with van der Waals surface area (Å²) >= 11 is 0. The largest absolute Gasteiger partial charge is 0.284 e. The monoisotopic (exact) mass is 430 g/mol. The Morgan fingerprint density at radius 2 is 1.33 bits per heavy atom. The van der Waals surface area contributed by atoms with Gasteiger partial charge in [-0.25, -0.2) is 5.43 Å². The van der Waals surface area contributed by atoms with Crippen LogP contribution in [0.15, 0.2) is 65.6 Å². The molecule has 0 unspecified atom stereocenters. The summed E-state index contributed by atoms with van der Waals surface area (Å²) in [6, 6.07) is 15.8. The van der Waals surface area contributed by atoms with Gasteiger partial charge in [0.15, 0.2) is 0 Å². The molecule has 2 rings (SSSR count). The number of sulfonamides is 1. The van der Waals surface area contributed by atoms with Gasteiger partial charge in [-0.05, 0) is 30.7 Å². The Hall–Kier alpha value is -2.67. The SMILES string of the molecule is CCCCCCCCCC(=O)N(NC(=O)c1ccccc1)S(=O)(=O)c1ccccc1. The van der Waals surface area contributed by atoms with E-state index in [1.165, 1.54) is 31.4 Å². The van der Waals surface area contributed by atoms with Crippen molar-refractivity contribution in [1.29, 1.82) is 0 Å². The van der Waals surface area contributed by atoms with E-state index in [0.29, 0.717) is 10.8 Å². The van der Waals surface area contributed by atoms with Crippen molar-refractivity contribution in [2.45, 2.75) is 63.2 Å². The Morgan fingerprint density at radius 3 is 1.93 bits per heavy atom. The summed E-state index contributed by atoms with van der Waals surface area (Å²) in [5.41, 5.74) is 2.57. The molecule has 162 valence electrons. The number of carbonyl (C=O) groups is 2. The Morgan fingerprint density at radius 1 is 0.800 bits per heavy atom. The smallest absolute Gasteiger partial charge is 0.272 e. The lowest BCUT2D eigenvalue weighted by atomic mass is 10.1. The molecule has 0 spiro atoms. The van der Waals surface area contributed by atoms with Crippen LogP contribution in [0.4, 0.5) is 0 Å². The van der Waals surface area contributed by atoms with Crippen LogP contribution >= 0.6 is 0 Å². The molecule has 6 nitrogen and oxygen atoms in total. The molecule has 0 heterocycles. The zero-order chi connectivity index (χ0) is 21.8. The standard InChI is InChI=1S/C23H30N2O4S/c1-2-3-4-5-6-7-14-19-22(26)25(24-23(27)20-15-10-8-11-16-20)30(28,29)21-17-12-9-13-18-21/h8-13,15-18H,2-7,14,19H2,1H3,(H,24,27). The minimum absolute atomic E-state index is 0.0497. The second-order valence-corrected chi connectivity index (χ2v) is 8.94. The Labute approximate surface area is 179 Å². The van der Waals surface area contributed by atoms with Gasteiger partial charge in [0.25, 0.3) is 21.8 Å².